The molecule has 0 saturated heterocycles. The van der Waals surface area contributed by atoms with Crippen molar-refractivity contribution in [3.8, 4) is 5.69 Å². The third kappa shape index (κ3) is 4.17. The van der Waals surface area contributed by atoms with Crippen molar-refractivity contribution in [2.45, 2.75) is 19.5 Å². The standard InChI is InChI=1S/C25H27N5O2/c1-32-16-4-11-28-14-15-30-23-10-7-20(17-22(23)27-24(30)18-28)26-25(31)19-5-8-21(9-6-19)29-12-2-3-13-29/h2-3,5-10,12-13,17H,4,11,14-16,18H2,1H3,(H,26,31). The van der Waals surface area contributed by atoms with Crippen LogP contribution in [-0.4, -0.2) is 51.7 Å². The normalized spacial score (nSPS) is 13.9. The van der Waals surface area contributed by atoms with Gasteiger partial charge in [-0.15, -0.1) is 0 Å². The van der Waals surface area contributed by atoms with E-state index in [2.05, 4.69) is 20.9 Å². The molecule has 0 bridgehead atoms. The number of ether oxygens (including phenoxy) is 1. The zero-order chi connectivity index (χ0) is 21.9. The lowest BCUT2D eigenvalue weighted by Gasteiger charge is -2.27. The van der Waals surface area contributed by atoms with Gasteiger partial charge in [0, 0.05) is 62.7 Å². The number of rotatable bonds is 7. The van der Waals surface area contributed by atoms with Crippen molar-refractivity contribution in [3.63, 3.8) is 0 Å². The van der Waals surface area contributed by atoms with Gasteiger partial charge in [-0.2, -0.15) is 0 Å². The van der Waals surface area contributed by atoms with Crippen LogP contribution >= 0.6 is 0 Å². The Labute approximate surface area is 187 Å². The lowest BCUT2D eigenvalue weighted by atomic mass is 10.2. The quantitative estimate of drug-likeness (QED) is 0.452. The number of hydrogen-bond donors (Lipinski definition) is 1. The maximum Gasteiger partial charge on any atom is 0.255 e. The average Bonchev–Trinajstić information content (AvgIpc) is 3.47. The van der Waals surface area contributed by atoms with Crippen molar-refractivity contribution in [1.29, 1.82) is 0 Å². The van der Waals surface area contributed by atoms with E-state index in [-0.39, 0.29) is 5.91 Å². The van der Waals surface area contributed by atoms with Gasteiger partial charge < -0.3 is 19.2 Å². The summed E-state index contributed by atoms with van der Waals surface area (Å²) in [5.74, 6) is 0.949. The zero-order valence-electron chi connectivity index (χ0n) is 18.2. The predicted molar refractivity (Wildman–Crippen MR) is 125 cm³/mol. The number of anilines is 1. The molecule has 32 heavy (non-hydrogen) atoms. The van der Waals surface area contributed by atoms with Crippen LogP contribution in [0.3, 0.4) is 0 Å². The molecular weight excluding hydrogens is 402 g/mol. The molecule has 2 aromatic carbocycles. The number of hydrogen-bond acceptors (Lipinski definition) is 4. The first-order chi connectivity index (χ1) is 15.7. The van der Waals surface area contributed by atoms with Gasteiger partial charge in [0.05, 0.1) is 17.6 Å². The van der Waals surface area contributed by atoms with Gasteiger partial charge in [0.1, 0.15) is 5.82 Å². The fourth-order valence-corrected chi connectivity index (χ4v) is 4.27. The molecule has 4 aromatic rings. The summed E-state index contributed by atoms with van der Waals surface area (Å²) in [7, 11) is 1.74. The number of carbonyl (C=O) groups excluding carboxylic acids is 1. The van der Waals surface area contributed by atoms with Crippen LogP contribution in [0.25, 0.3) is 16.7 Å². The Kier molecular flexibility index (Phi) is 5.75. The van der Waals surface area contributed by atoms with Crippen LogP contribution < -0.4 is 5.32 Å². The molecule has 0 spiro atoms. The van der Waals surface area contributed by atoms with E-state index in [1.807, 2.05) is 65.5 Å². The van der Waals surface area contributed by atoms with Crippen molar-refractivity contribution in [1.82, 2.24) is 19.0 Å². The van der Waals surface area contributed by atoms with Crippen molar-refractivity contribution in [2.75, 3.05) is 32.1 Å². The highest BCUT2D eigenvalue weighted by Gasteiger charge is 2.20. The number of amides is 1. The maximum absolute atomic E-state index is 12.8. The lowest BCUT2D eigenvalue weighted by Crippen LogP contribution is -2.34. The molecule has 0 fully saturated rings. The summed E-state index contributed by atoms with van der Waals surface area (Å²) in [5, 5.41) is 3.01. The molecule has 1 aliphatic rings. The Morgan fingerprint density at radius 3 is 2.69 bits per heavy atom. The minimum absolute atomic E-state index is 0.128. The summed E-state index contributed by atoms with van der Waals surface area (Å²) in [5.41, 5.74) is 4.43. The van der Waals surface area contributed by atoms with Gasteiger partial charge in [-0.3, -0.25) is 9.69 Å². The van der Waals surface area contributed by atoms with Crippen molar-refractivity contribution in [2.24, 2.45) is 0 Å². The highest BCUT2D eigenvalue weighted by Crippen LogP contribution is 2.24. The second kappa shape index (κ2) is 8.98. The first kappa shape index (κ1) is 20.5. The Bertz CT molecular complexity index is 1210. The van der Waals surface area contributed by atoms with E-state index in [1.54, 1.807) is 7.11 Å². The average molecular weight is 430 g/mol. The summed E-state index contributed by atoms with van der Waals surface area (Å²) in [6.45, 7) is 4.58. The molecule has 0 saturated carbocycles. The van der Waals surface area contributed by atoms with E-state index < -0.39 is 0 Å². The second-order valence-corrected chi connectivity index (χ2v) is 8.10. The van der Waals surface area contributed by atoms with E-state index in [4.69, 9.17) is 9.72 Å². The summed E-state index contributed by atoms with van der Waals surface area (Å²) in [4.78, 5) is 20.0. The van der Waals surface area contributed by atoms with Gasteiger partial charge in [-0.1, -0.05) is 0 Å². The highest BCUT2D eigenvalue weighted by atomic mass is 16.5. The molecule has 1 aliphatic heterocycles. The number of nitrogens with one attached hydrogen (secondary N) is 1. The first-order valence-corrected chi connectivity index (χ1v) is 11.0. The van der Waals surface area contributed by atoms with E-state index in [1.165, 1.54) is 0 Å². The zero-order valence-corrected chi connectivity index (χ0v) is 18.2. The molecule has 0 aliphatic carbocycles. The van der Waals surface area contributed by atoms with E-state index in [0.717, 1.165) is 67.4 Å². The number of benzene rings is 2. The monoisotopic (exact) mass is 429 g/mol. The predicted octanol–water partition coefficient (Wildman–Crippen LogP) is 3.93. The van der Waals surface area contributed by atoms with Crippen molar-refractivity contribution < 1.29 is 9.53 Å². The van der Waals surface area contributed by atoms with Crippen molar-refractivity contribution in [3.05, 3.63) is 78.4 Å². The fourth-order valence-electron chi connectivity index (χ4n) is 4.27. The Hall–Kier alpha value is -3.42. The van der Waals surface area contributed by atoms with Gasteiger partial charge >= 0.3 is 0 Å². The molecule has 7 heteroatoms. The molecule has 3 heterocycles. The van der Waals surface area contributed by atoms with Crippen LogP contribution in [0.5, 0.6) is 0 Å². The Morgan fingerprint density at radius 2 is 1.91 bits per heavy atom. The number of methoxy groups -OCH3 is 1. The summed E-state index contributed by atoms with van der Waals surface area (Å²) in [6, 6.07) is 17.5. The minimum Gasteiger partial charge on any atom is -0.385 e. The third-order valence-electron chi connectivity index (χ3n) is 5.94. The fraction of sp³-hybridized carbons (Fsp3) is 0.280. The molecule has 1 amide bonds. The smallest absolute Gasteiger partial charge is 0.255 e. The molecule has 7 nitrogen and oxygen atoms in total. The second-order valence-electron chi connectivity index (χ2n) is 8.10. The van der Waals surface area contributed by atoms with Gasteiger partial charge in [0.2, 0.25) is 0 Å². The third-order valence-corrected chi connectivity index (χ3v) is 5.94. The Morgan fingerprint density at radius 1 is 1.09 bits per heavy atom. The van der Waals surface area contributed by atoms with Crippen LogP contribution in [0.1, 0.15) is 22.6 Å². The van der Waals surface area contributed by atoms with Crippen LogP contribution in [0.2, 0.25) is 0 Å². The van der Waals surface area contributed by atoms with Crippen LogP contribution in [-0.2, 0) is 17.8 Å². The number of carbonyl (C=O) groups is 1. The maximum atomic E-state index is 12.8. The van der Waals surface area contributed by atoms with E-state index in [0.29, 0.717) is 5.56 Å². The highest BCUT2D eigenvalue weighted by molar-refractivity contribution is 6.05. The van der Waals surface area contributed by atoms with Gasteiger partial charge in [-0.25, -0.2) is 4.98 Å². The number of imidazole rings is 1. The van der Waals surface area contributed by atoms with Crippen LogP contribution in [0, 0.1) is 0 Å². The topological polar surface area (TPSA) is 64.3 Å². The minimum atomic E-state index is -0.128. The molecular formula is C25H27N5O2. The van der Waals surface area contributed by atoms with Gasteiger partial charge in [-0.05, 0) is 61.0 Å². The SMILES string of the molecule is COCCCN1CCn2c(nc3cc(NC(=O)c4ccc(-n5cccc5)cc4)ccc32)C1. The van der Waals surface area contributed by atoms with Gasteiger partial charge in [0.25, 0.3) is 5.91 Å². The molecule has 164 valence electrons. The largest absolute Gasteiger partial charge is 0.385 e. The first-order valence-electron chi connectivity index (χ1n) is 11.0. The summed E-state index contributed by atoms with van der Waals surface area (Å²) < 4.78 is 9.46. The molecule has 1 N–H and O–H groups in total. The van der Waals surface area contributed by atoms with E-state index in [9.17, 15) is 4.79 Å². The van der Waals surface area contributed by atoms with Crippen LogP contribution in [0.15, 0.2) is 67.0 Å². The van der Waals surface area contributed by atoms with Crippen LogP contribution in [0.4, 0.5) is 5.69 Å². The molecule has 2 aromatic heterocycles. The summed E-state index contributed by atoms with van der Waals surface area (Å²) >= 11 is 0. The number of nitrogens with zero attached hydrogens (tertiary/aromatic N) is 4. The molecule has 0 atom stereocenters. The Balaban J connectivity index is 1.28. The van der Waals surface area contributed by atoms with Gasteiger partial charge in [0.15, 0.2) is 0 Å². The molecule has 0 radical (unpaired) electrons. The van der Waals surface area contributed by atoms with E-state index >= 15 is 0 Å². The summed E-state index contributed by atoms with van der Waals surface area (Å²) in [6.07, 6.45) is 4.99. The molecule has 0 unspecified atom stereocenters. The molecule has 5 rings (SSSR count). The van der Waals surface area contributed by atoms with Crippen molar-refractivity contribution >= 4 is 22.6 Å². The lowest BCUT2D eigenvalue weighted by molar-refractivity contribution is 0.102. The number of fused-ring (bicyclic) bond motifs is 3. The number of aromatic nitrogens is 3.